The third-order valence-corrected chi connectivity index (χ3v) is 4.74. The average molecular weight is 333 g/mol. The fourth-order valence-electron chi connectivity index (χ4n) is 2.94. The Bertz CT molecular complexity index is 720. The van der Waals surface area contributed by atoms with Crippen LogP contribution in [0.1, 0.15) is 24.4 Å². The standard InChI is InChI=1S/C16H16FN3O2S/c1-20-13(21)6-5-12(15(22)19-16-18-7-8-23-16)14(20)10-3-2-4-11(17)9-10/h2-4,7-9,12,14H,5-6H2,1H3,(H,18,19,22)/t12-,14-/m0/s1. The molecule has 0 saturated carbocycles. The number of anilines is 1. The van der Waals surface area contributed by atoms with Crippen LogP contribution in [0.2, 0.25) is 0 Å². The van der Waals surface area contributed by atoms with Gasteiger partial charge in [-0.3, -0.25) is 9.59 Å². The predicted molar refractivity (Wildman–Crippen MR) is 85.4 cm³/mol. The lowest BCUT2D eigenvalue weighted by Crippen LogP contribution is -2.44. The van der Waals surface area contributed by atoms with Crippen LogP contribution >= 0.6 is 11.3 Å². The summed E-state index contributed by atoms with van der Waals surface area (Å²) in [6.07, 6.45) is 2.35. The van der Waals surface area contributed by atoms with Gasteiger partial charge in [0.15, 0.2) is 5.13 Å². The van der Waals surface area contributed by atoms with E-state index in [1.807, 2.05) is 0 Å². The number of rotatable bonds is 3. The van der Waals surface area contributed by atoms with E-state index in [0.29, 0.717) is 23.5 Å². The zero-order valence-corrected chi connectivity index (χ0v) is 13.3. The van der Waals surface area contributed by atoms with Gasteiger partial charge in [-0.1, -0.05) is 12.1 Å². The van der Waals surface area contributed by atoms with E-state index in [1.165, 1.54) is 28.4 Å². The van der Waals surface area contributed by atoms with Gasteiger partial charge in [0.1, 0.15) is 5.82 Å². The maximum Gasteiger partial charge on any atom is 0.231 e. The first-order valence-electron chi connectivity index (χ1n) is 7.28. The molecule has 2 heterocycles. The summed E-state index contributed by atoms with van der Waals surface area (Å²) in [7, 11) is 1.65. The maximum absolute atomic E-state index is 13.6. The van der Waals surface area contributed by atoms with Crippen LogP contribution in [-0.2, 0) is 9.59 Å². The first-order chi connectivity index (χ1) is 11.1. The van der Waals surface area contributed by atoms with Crippen LogP contribution in [0, 0.1) is 11.7 Å². The Labute approximate surface area is 137 Å². The molecule has 3 rings (SSSR count). The van der Waals surface area contributed by atoms with Crippen LogP contribution in [-0.4, -0.2) is 28.7 Å². The summed E-state index contributed by atoms with van der Waals surface area (Å²) in [4.78, 5) is 30.2. The van der Waals surface area contributed by atoms with E-state index in [2.05, 4.69) is 10.3 Å². The second kappa shape index (κ2) is 6.45. The average Bonchev–Trinajstić information content (AvgIpc) is 3.02. The molecule has 0 aliphatic carbocycles. The lowest BCUT2D eigenvalue weighted by atomic mass is 9.84. The fourth-order valence-corrected chi connectivity index (χ4v) is 3.47. The molecule has 1 aromatic heterocycles. The molecular formula is C16H16FN3O2S. The highest BCUT2D eigenvalue weighted by molar-refractivity contribution is 7.13. The van der Waals surface area contributed by atoms with Gasteiger partial charge in [-0.25, -0.2) is 9.37 Å². The van der Waals surface area contributed by atoms with Gasteiger partial charge in [0.05, 0.1) is 12.0 Å². The van der Waals surface area contributed by atoms with Crippen molar-refractivity contribution in [2.75, 3.05) is 12.4 Å². The Morgan fingerprint density at radius 3 is 3.00 bits per heavy atom. The molecule has 1 saturated heterocycles. The van der Waals surface area contributed by atoms with E-state index in [9.17, 15) is 14.0 Å². The SMILES string of the molecule is CN1C(=O)CC[C@H](C(=O)Nc2nccs2)[C@@H]1c1cccc(F)c1. The molecule has 23 heavy (non-hydrogen) atoms. The number of carbonyl (C=O) groups is 2. The van der Waals surface area contributed by atoms with E-state index in [1.54, 1.807) is 30.8 Å². The van der Waals surface area contributed by atoms with Crippen LogP contribution in [0.15, 0.2) is 35.8 Å². The first-order valence-corrected chi connectivity index (χ1v) is 8.15. The second-order valence-corrected chi connectivity index (χ2v) is 6.37. The number of carbonyl (C=O) groups excluding carboxylic acids is 2. The van der Waals surface area contributed by atoms with Crippen LogP contribution in [0.3, 0.4) is 0 Å². The van der Waals surface area contributed by atoms with E-state index < -0.39 is 12.0 Å². The van der Waals surface area contributed by atoms with Gasteiger partial charge >= 0.3 is 0 Å². The van der Waals surface area contributed by atoms with Crippen molar-refractivity contribution in [3.05, 3.63) is 47.2 Å². The van der Waals surface area contributed by atoms with Gasteiger partial charge < -0.3 is 10.2 Å². The van der Waals surface area contributed by atoms with Crippen molar-refractivity contribution in [3.63, 3.8) is 0 Å². The number of hydrogen-bond acceptors (Lipinski definition) is 4. The van der Waals surface area contributed by atoms with Gasteiger partial charge in [-0.15, -0.1) is 11.3 Å². The van der Waals surface area contributed by atoms with E-state index in [-0.39, 0.29) is 17.6 Å². The molecule has 1 aliphatic rings. The molecular weight excluding hydrogens is 317 g/mol. The Balaban J connectivity index is 1.89. The molecule has 2 amide bonds. The summed E-state index contributed by atoms with van der Waals surface area (Å²) in [5.41, 5.74) is 0.625. The molecule has 1 N–H and O–H groups in total. The molecule has 1 aliphatic heterocycles. The summed E-state index contributed by atoms with van der Waals surface area (Å²) in [6, 6.07) is 5.58. The topological polar surface area (TPSA) is 62.3 Å². The summed E-state index contributed by atoms with van der Waals surface area (Å²) in [5, 5.41) is 5.07. The number of aromatic nitrogens is 1. The van der Waals surface area contributed by atoms with E-state index in [4.69, 9.17) is 0 Å². The molecule has 0 bridgehead atoms. The van der Waals surface area contributed by atoms with Crippen molar-refractivity contribution in [1.29, 1.82) is 0 Å². The summed E-state index contributed by atoms with van der Waals surface area (Å²) < 4.78 is 13.6. The minimum absolute atomic E-state index is 0.0439. The predicted octanol–water partition coefficient (Wildman–Crippen LogP) is 2.83. The number of likely N-dealkylation sites (tertiary alicyclic amines) is 1. The minimum atomic E-state index is -0.480. The number of nitrogens with one attached hydrogen (secondary N) is 1. The Morgan fingerprint density at radius 2 is 2.30 bits per heavy atom. The first kappa shape index (κ1) is 15.6. The van der Waals surface area contributed by atoms with E-state index in [0.717, 1.165) is 0 Å². The van der Waals surface area contributed by atoms with Crippen molar-refractivity contribution in [2.24, 2.45) is 5.92 Å². The van der Waals surface area contributed by atoms with Gasteiger partial charge in [0.25, 0.3) is 0 Å². The highest BCUT2D eigenvalue weighted by Crippen LogP contribution is 2.36. The van der Waals surface area contributed by atoms with Gasteiger partial charge in [0.2, 0.25) is 11.8 Å². The Hall–Kier alpha value is -2.28. The molecule has 2 aromatic rings. The minimum Gasteiger partial charge on any atom is -0.338 e. The number of piperidine rings is 1. The quantitative estimate of drug-likeness (QED) is 0.939. The van der Waals surface area contributed by atoms with Crippen LogP contribution in [0.25, 0.3) is 0 Å². The molecule has 1 aromatic carbocycles. The number of amides is 2. The van der Waals surface area contributed by atoms with Gasteiger partial charge in [-0.2, -0.15) is 0 Å². The Morgan fingerprint density at radius 1 is 1.48 bits per heavy atom. The summed E-state index contributed by atoms with van der Waals surface area (Å²) >= 11 is 1.33. The monoisotopic (exact) mass is 333 g/mol. The molecule has 0 radical (unpaired) electrons. The second-order valence-electron chi connectivity index (χ2n) is 5.48. The lowest BCUT2D eigenvalue weighted by molar-refractivity contribution is -0.140. The number of benzene rings is 1. The van der Waals surface area contributed by atoms with Crippen molar-refractivity contribution in [1.82, 2.24) is 9.88 Å². The maximum atomic E-state index is 13.6. The molecule has 7 heteroatoms. The van der Waals surface area contributed by atoms with Crippen LogP contribution in [0.5, 0.6) is 0 Å². The zero-order valence-electron chi connectivity index (χ0n) is 12.5. The van der Waals surface area contributed by atoms with Crippen LogP contribution < -0.4 is 5.32 Å². The molecule has 2 atom stereocenters. The molecule has 5 nitrogen and oxygen atoms in total. The normalized spacial score (nSPS) is 21.3. The lowest BCUT2D eigenvalue weighted by Gasteiger charge is -2.38. The Kier molecular flexibility index (Phi) is 4.38. The largest absolute Gasteiger partial charge is 0.338 e. The van der Waals surface area contributed by atoms with Gasteiger partial charge in [0, 0.05) is 25.0 Å². The number of halogens is 1. The number of thiazole rings is 1. The smallest absolute Gasteiger partial charge is 0.231 e. The summed E-state index contributed by atoms with van der Waals surface area (Å²) in [5.74, 6) is -1.07. The molecule has 0 spiro atoms. The van der Waals surface area contributed by atoms with Crippen molar-refractivity contribution < 1.29 is 14.0 Å². The van der Waals surface area contributed by atoms with E-state index >= 15 is 0 Å². The number of hydrogen-bond donors (Lipinski definition) is 1. The highest BCUT2D eigenvalue weighted by atomic mass is 32.1. The van der Waals surface area contributed by atoms with Crippen LogP contribution in [0.4, 0.5) is 9.52 Å². The molecule has 0 unspecified atom stereocenters. The fraction of sp³-hybridized carbons (Fsp3) is 0.312. The molecule has 120 valence electrons. The van der Waals surface area contributed by atoms with Gasteiger partial charge in [-0.05, 0) is 24.1 Å². The number of nitrogens with zero attached hydrogens (tertiary/aromatic N) is 2. The van der Waals surface area contributed by atoms with Crippen molar-refractivity contribution in [2.45, 2.75) is 18.9 Å². The zero-order chi connectivity index (χ0) is 16.4. The van der Waals surface area contributed by atoms with Crippen molar-refractivity contribution in [3.8, 4) is 0 Å². The third kappa shape index (κ3) is 3.24. The summed E-state index contributed by atoms with van der Waals surface area (Å²) in [6.45, 7) is 0. The van der Waals surface area contributed by atoms with Crippen molar-refractivity contribution >= 4 is 28.3 Å². The third-order valence-electron chi connectivity index (χ3n) is 4.05. The molecule has 1 fully saturated rings. The highest BCUT2D eigenvalue weighted by Gasteiger charge is 2.39.